The molecule has 0 radical (unpaired) electrons. The van der Waals surface area contributed by atoms with E-state index in [0.29, 0.717) is 0 Å². The van der Waals surface area contributed by atoms with Crippen molar-refractivity contribution in [2.75, 3.05) is 14.2 Å². The normalized spacial score (nSPS) is 11.9. The molecule has 0 saturated carbocycles. The zero-order chi connectivity index (χ0) is 15.8. The second-order valence-corrected chi connectivity index (χ2v) is 4.78. The predicted molar refractivity (Wildman–Crippen MR) is 87.3 cm³/mol. The van der Waals surface area contributed by atoms with Gasteiger partial charge in [0.2, 0.25) is 0 Å². The Kier molecular flexibility index (Phi) is 5.55. The molecule has 0 unspecified atom stereocenters. The molecule has 0 saturated heterocycles. The van der Waals surface area contributed by atoms with Gasteiger partial charge in [-0.1, -0.05) is 60.7 Å². The quantitative estimate of drug-likeness (QED) is 0.482. The molecule has 0 aromatic heterocycles. The first-order chi connectivity index (χ1) is 10.7. The fourth-order valence-corrected chi connectivity index (χ4v) is 2.05. The summed E-state index contributed by atoms with van der Waals surface area (Å²) < 4.78 is 6.30. The van der Waals surface area contributed by atoms with Crippen molar-refractivity contribution < 1.29 is 14.4 Å². The Morgan fingerprint density at radius 3 is 1.91 bits per heavy atom. The minimum absolute atomic E-state index is 0.381. The van der Waals surface area contributed by atoms with Gasteiger partial charge in [0, 0.05) is 6.08 Å². The molecule has 0 bridgehead atoms. The van der Waals surface area contributed by atoms with Crippen LogP contribution >= 0.6 is 0 Å². The summed E-state index contributed by atoms with van der Waals surface area (Å²) >= 11 is 0. The number of allylic oxidation sites excluding steroid dienone is 1. The van der Waals surface area contributed by atoms with Gasteiger partial charge in [0.15, 0.2) is 12.4 Å². The summed E-state index contributed by atoms with van der Waals surface area (Å²) in [4.78, 5) is 0. The Morgan fingerprint density at radius 1 is 0.955 bits per heavy atom. The van der Waals surface area contributed by atoms with Crippen molar-refractivity contribution in [3.63, 3.8) is 0 Å². The van der Waals surface area contributed by atoms with Crippen molar-refractivity contribution in [2.24, 2.45) is 0 Å². The number of methoxy groups -OCH3 is 1. The Morgan fingerprint density at radius 2 is 1.45 bits per heavy atom. The lowest BCUT2D eigenvalue weighted by atomic mass is 9.98. The molecular weight excluding hydrogens is 274 g/mol. The number of ether oxygens (including phenoxy) is 1. The number of hydrogen-bond donors (Lipinski definition) is 0. The number of benzene rings is 2. The van der Waals surface area contributed by atoms with Crippen LogP contribution in [0.5, 0.6) is 0 Å². The average molecular weight is 293 g/mol. The molecule has 3 nitrogen and oxygen atoms in total. The van der Waals surface area contributed by atoms with Gasteiger partial charge in [0.25, 0.3) is 0 Å². The van der Waals surface area contributed by atoms with E-state index < -0.39 is 0 Å². The van der Waals surface area contributed by atoms with Gasteiger partial charge < -0.3 is 9.84 Å². The van der Waals surface area contributed by atoms with Crippen LogP contribution in [0.4, 0.5) is 0 Å². The first-order valence-electron chi connectivity index (χ1n) is 7.01. The predicted octanol–water partition coefficient (Wildman–Crippen LogP) is 2.64. The van der Waals surface area contributed by atoms with E-state index >= 15 is 0 Å². The van der Waals surface area contributed by atoms with Crippen LogP contribution in [0.1, 0.15) is 11.1 Å². The van der Waals surface area contributed by atoms with Crippen LogP contribution in [0.2, 0.25) is 0 Å². The SMILES string of the molecule is CO/C([O-])=C/[N+](C)=CC=C(c1ccccc1)c1ccccc1. The molecule has 2 rings (SSSR count). The molecule has 0 heterocycles. The molecule has 3 heteroatoms. The molecule has 2 aromatic carbocycles. The first kappa shape index (κ1) is 15.6. The van der Waals surface area contributed by atoms with Crippen LogP contribution in [0.15, 0.2) is 78.9 Å². The van der Waals surface area contributed by atoms with Crippen LogP contribution in [-0.2, 0) is 4.74 Å². The molecule has 2 aromatic rings. The molecular formula is C19H19NO2. The average Bonchev–Trinajstić information content (AvgIpc) is 2.57. The van der Waals surface area contributed by atoms with Crippen LogP contribution in [0.25, 0.3) is 5.57 Å². The van der Waals surface area contributed by atoms with Gasteiger partial charge in [-0.2, -0.15) is 0 Å². The maximum atomic E-state index is 11.2. The summed E-state index contributed by atoms with van der Waals surface area (Å²) in [6.07, 6.45) is 5.22. The third-order valence-corrected chi connectivity index (χ3v) is 3.16. The lowest BCUT2D eigenvalue weighted by molar-refractivity contribution is -0.444. The highest BCUT2D eigenvalue weighted by atomic mass is 16.6. The van der Waals surface area contributed by atoms with Crippen LogP contribution in [0, 0.1) is 0 Å². The van der Waals surface area contributed by atoms with E-state index in [1.807, 2.05) is 48.7 Å². The Labute approximate surface area is 131 Å². The number of hydrogen-bond acceptors (Lipinski definition) is 2. The van der Waals surface area contributed by atoms with Crippen LogP contribution in [-0.4, -0.2) is 24.9 Å². The summed E-state index contributed by atoms with van der Waals surface area (Å²) in [6.45, 7) is 0. The third kappa shape index (κ3) is 4.35. The zero-order valence-electron chi connectivity index (χ0n) is 12.8. The summed E-state index contributed by atoms with van der Waals surface area (Å²) in [5.41, 5.74) is 3.33. The van der Waals surface area contributed by atoms with Crippen molar-refractivity contribution >= 4 is 11.8 Å². The van der Waals surface area contributed by atoms with Crippen LogP contribution < -0.4 is 5.11 Å². The second-order valence-electron chi connectivity index (χ2n) is 4.78. The van der Waals surface area contributed by atoms with Gasteiger partial charge in [-0.25, -0.2) is 4.58 Å². The first-order valence-corrected chi connectivity index (χ1v) is 7.01. The number of rotatable bonds is 5. The second kappa shape index (κ2) is 7.84. The molecule has 0 N–H and O–H groups in total. The highest BCUT2D eigenvalue weighted by molar-refractivity contribution is 5.89. The van der Waals surface area contributed by atoms with Crippen LogP contribution in [0.3, 0.4) is 0 Å². The van der Waals surface area contributed by atoms with Gasteiger partial charge >= 0.3 is 0 Å². The molecule has 112 valence electrons. The van der Waals surface area contributed by atoms with Crippen molar-refractivity contribution in [2.45, 2.75) is 0 Å². The summed E-state index contributed by atoms with van der Waals surface area (Å²) in [5.74, 6) is -0.381. The van der Waals surface area contributed by atoms with Gasteiger partial charge in [0.05, 0.1) is 0 Å². The van der Waals surface area contributed by atoms with Gasteiger partial charge in [-0.05, 0) is 23.8 Å². The summed E-state index contributed by atoms with van der Waals surface area (Å²) in [7, 11) is 3.16. The van der Waals surface area contributed by atoms with Gasteiger partial charge in [0.1, 0.15) is 13.0 Å². The lowest BCUT2D eigenvalue weighted by Crippen LogP contribution is -2.09. The van der Waals surface area contributed by atoms with Crippen molar-refractivity contribution in [1.29, 1.82) is 0 Å². The fraction of sp³-hybridized carbons (Fsp3) is 0.105. The molecule has 0 atom stereocenters. The number of nitrogens with zero attached hydrogens (tertiary/aromatic N) is 1. The van der Waals surface area contributed by atoms with E-state index in [-0.39, 0.29) is 5.95 Å². The molecule has 0 aliphatic carbocycles. The molecule has 0 amide bonds. The molecule has 0 fully saturated rings. The lowest BCUT2D eigenvalue weighted by Gasteiger charge is -2.07. The third-order valence-electron chi connectivity index (χ3n) is 3.16. The Bertz CT molecular complexity index is 644. The summed E-state index contributed by atoms with van der Waals surface area (Å²) in [6, 6.07) is 20.3. The van der Waals surface area contributed by atoms with E-state index in [4.69, 9.17) is 0 Å². The minimum Gasteiger partial charge on any atom is -0.613 e. The largest absolute Gasteiger partial charge is 0.613 e. The van der Waals surface area contributed by atoms with Gasteiger partial charge in [-0.15, -0.1) is 0 Å². The minimum atomic E-state index is -0.381. The highest BCUT2D eigenvalue weighted by Gasteiger charge is 2.04. The standard InChI is InChI=1S/C19H19NO2/c1-20(15-19(21)22-2)14-13-18(16-9-5-3-6-10-16)17-11-7-4-8-12-17/h3-15H,1-2H3/b19-15+,20-14?. The van der Waals surface area contributed by atoms with Crippen molar-refractivity contribution in [3.05, 3.63) is 90.0 Å². The maximum absolute atomic E-state index is 11.2. The maximum Gasteiger partial charge on any atom is 0.190 e. The van der Waals surface area contributed by atoms with E-state index in [9.17, 15) is 5.11 Å². The monoisotopic (exact) mass is 293 g/mol. The van der Waals surface area contributed by atoms with E-state index in [1.54, 1.807) is 11.6 Å². The molecule has 0 aliphatic rings. The van der Waals surface area contributed by atoms with E-state index in [1.165, 1.54) is 13.3 Å². The fourth-order valence-electron chi connectivity index (χ4n) is 2.05. The highest BCUT2D eigenvalue weighted by Crippen LogP contribution is 2.22. The molecule has 0 spiro atoms. The van der Waals surface area contributed by atoms with E-state index in [2.05, 4.69) is 29.0 Å². The Hall–Kier alpha value is -2.81. The smallest absolute Gasteiger partial charge is 0.190 e. The topological polar surface area (TPSA) is 35.3 Å². The Balaban J connectivity index is 2.42. The zero-order valence-corrected chi connectivity index (χ0v) is 12.8. The molecule has 22 heavy (non-hydrogen) atoms. The van der Waals surface area contributed by atoms with E-state index in [0.717, 1.165) is 16.7 Å². The van der Waals surface area contributed by atoms with Gasteiger partial charge in [-0.3, -0.25) is 0 Å². The van der Waals surface area contributed by atoms with Crippen molar-refractivity contribution in [1.82, 2.24) is 0 Å². The van der Waals surface area contributed by atoms with Crippen molar-refractivity contribution in [3.8, 4) is 0 Å². The summed E-state index contributed by atoms with van der Waals surface area (Å²) in [5, 5.41) is 11.2. The molecule has 0 aliphatic heterocycles.